The van der Waals surface area contributed by atoms with E-state index in [0.717, 1.165) is 0 Å². The molecule has 0 aromatic carbocycles. The van der Waals surface area contributed by atoms with Crippen molar-refractivity contribution < 1.29 is 4.79 Å². The van der Waals surface area contributed by atoms with Gasteiger partial charge < -0.3 is 11.1 Å². The molecule has 0 saturated carbocycles. The number of halogens is 2. The SMILES string of the molecule is CC(CN)C(=O)Nc1cn[nH]c1.Cl.Cl. The number of aromatic amines is 1. The van der Waals surface area contributed by atoms with Crippen molar-refractivity contribution in [2.24, 2.45) is 11.7 Å². The first kappa shape index (κ1) is 15.7. The van der Waals surface area contributed by atoms with Gasteiger partial charge >= 0.3 is 0 Å². The summed E-state index contributed by atoms with van der Waals surface area (Å²) in [6.07, 6.45) is 3.16. The summed E-state index contributed by atoms with van der Waals surface area (Å²) in [6, 6.07) is 0. The lowest BCUT2D eigenvalue weighted by atomic mass is 10.2. The number of hydrogen-bond acceptors (Lipinski definition) is 3. The summed E-state index contributed by atoms with van der Waals surface area (Å²) in [6.45, 7) is 2.12. The lowest BCUT2D eigenvalue weighted by molar-refractivity contribution is -0.119. The Kier molecular flexibility index (Phi) is 8.52. The number of amides is 1. The van der Waals surface area contributed by atoms with Gasteiger partial charge in [-0.25, -0.2) is 0 Å². The molecule has 1 amide bonds. The molecule has 82 valence electrons. The van der Waals surface area contributed by atoms with Crippen molar-refractivity contribution in [1.82, 2.24) is 10.2 Å². The molecule has 0 radical (unpaired) electrons. The number of rotatable bonds is 3. The van der Waals surface area contributed by atoms with Crippen molar-refractivity contribution in [3.05, 3.63) is 12.4 Å². The molecule has 4 N–H and O–H groups in total. The fourth-order valence-corrected chi connectivity index (χ4v) is 0.692. The van der Waals surface area contributed by atoms with Crippen molar-refractivity contribution >= 4 is 36.4 Å². The minimum Gasteiger partial charge on any atom is -0.330 e. The third-order valence-corrected chi connectivity index (χ3v) is 1.57. The molecule has 0 aliphatic heterocycles. The van der Waals surface area contributed by atoms with Crippen LogP contribution in [0.5, 0.6) is 0 Å². The molecule has 1 heterocycles. The van der Waals surface area contributed by atoms with Crippen molar-refractivity contribution in [3.8, 4) is 0 Å². The highest BCUT2D eigenvalue weighted by Crippen LogP contribution is 2.03. The monoisotopic (exact) mass is 240 g/mol. The first-order valence-corrected chi connectivity index (χ1v) is 3.73. The topological polar surface area (TPSA) is 83.8 Å². The number of nitrogens with zero attached hydrogens (tertiary/aromatic N) is 1. The quantitative estimate of drug-likeness (QED) is 0.731. The smallest absolute Gasteiger partial charge is 0.228 e. The van der Waals surface area contributed by atoms with E-state index in [2.05, 4.69) is 15.5 Å². The Morgan fingerprint density at radius 1 is 1.71 bits per heavy atom. The fraction of sp³-hybridized carbons (Fsp3) is 0.429. The van der Waals surface area contributed by atoms with Crippen LogP contribution in [-0.4, -0.2) is 22.6 Å². The Morgan fingerprint density at radius 2 is 2.36 bits per heavy atom. The summed E-state index contributed by atoms with van der Waals surface area (Å²) in [5.41, 5.74) is 5.98. The molecule has 0 fully saturated rings. The minimum absolute atomic E-state index is 0. The first-order valence-electron chi connectivity index (χ1n) is 3.73. The summed E-state index contributed by atoms with van der Waals surface area (Å²) in [7, 11) is 0. The fourth-order valence-electron chi connectivity index (χ4n) is 0.692. The molecular weight excluding hydrogens is 227 g/mol. The standard InChI is InChI=1S/C7H12N4O.2ClH/c1-5(2-8)7(12)11-6-3-9-10-4-6;;/h3-5H,2,8H2,1H3,(H,9,10)(H,11,12);2*1H. The Morgan fingerprint density at radius 3 is 2.79 bits per heavy atom. The van der Waals surface area contributed by atoms with Crippen LogP contribution in [0.15, 0.2) is 12.4 Å². The van der Waals surface area contributed by atoms with Crippen LogP contribution in [-0.2, 0) is 4.79 Å². The van der Waals surface area contributed by atoms with Gasteiger partial charge in [0.25, 0.3) is 0 Å². The number of nitrogens with one attached hydrogen (secondary N) is 2. The number of anilines is 1. The molecule has 1 rings (SSSR count). The van der Waals surface area contributed by atoms with E-state index in [0.29, 0.717) is 12.2 Å². The zero-order chi connectivity index (χ0) is 8.97. The second-order valence-electron chi connectivity index (χ2n) is 2.61. The number of carbonyl (C=O) groups is 1. The number of H-pyrrole nitrogens is 1. The summed E-state index contributed by atoms with van der Waals surface area (Å²) >= 11 is 0. The molecule has 0 spiro atoms. The van der Waals surface area contributed by atoms with E-state index >= 15 is 0 Å². The average Bonchev–Trinajstić information content (AvgIpc) is 2.55. The van der Waals surface area contributed by atoms with Crippen LogP contribution in [0.25, 0.3) is 0 Å². The van der Waals surface area contributed by atoms with Crippen molar-refractivity contribution in [2.75, 3.05) is 11.9 Å². The Labute approximate surface area is 94.6 Å². The summed E-state index contributed by atoms with van der Waals surface area (Å²) in [5, 5.41) is 8.95. The van der Waals surface area contributed by atoms with E-state index in [-0.39, 0.29) is 36.6 Å². The third-order valence-electron chi connectivity index (χ3n) is 1.57. The maximum atomic E-state index is 11.2. The number of aromatic nitrogens is 2. The van der Waals surface area contributed by atoms with E-state index in [1.54, 1.807) is 19.3 Å². The van der Waals surface area contributed by atoms with Gasteiger partial charge in [-0.1, -0.05) is 6.92 Å². The van der Waals surface area contributed by atoms with Crippen LogP contribution in [0.1, 0.15) is 6.92 Å². The van der Waals surface area contributed by atoms with Gasteiger partial charge in [0.2, 0.25) is 5.91 Å². The highest BCUT2D eigenvalue weighted by molar-refractivity contribution is 5.92. The summed E-state index contributed by atoms with van der Waals surface area (Å²) < 4.78 is 0. The molecule has 1 unspecified atom stereocenters. The third kappa shape index (κ3) is 4.45. The maximum Gasteiger partial charge on any atom is 0.228 e. The van der Waals surface area contributed by atoms with Crippen molar-refractivity contribution in [1.29, 1.82) is 0 Å². The zero-order valence-electron chi connectivity index (χ0n) is 7.69. The molecule has 7 heteroatoms. The second kappa shape index (κ2) is 7.61. The van der Waals surface area contributed by atoms with Crippen LogP contribution in [0.2, 0.25) is 0 Å². The van der Waals surface area contributed by atoms with Gasteiger partial charge in [-0.15, -0.1) is 24.8 Å². The minimum atomic E-state index is -0.167. The molecule has 0 bridgehead atoms. The van der Waals surface area contributed by atoms with Crippen LogP contribution in [0.3, 0.4) is 0 Å². The van der Waals surface area contributed by atoms with Crippen LogP contribution in [0.4, 0.5) is 5.69 Å². The van der Waals surface area contributed by atoms with E-state index in [9.17, 15) is 4.79 Å². The molecule has 1 aromatic heterocycles. The Bertz CT molecular complexity index is 252. The normalized spacial score (nSPS) is 10.7. The largest absolute Gasteiger partial charge is 0.330 e. The Hall–Kier alpha value is -0.780. The van der Waals surface area contributed by atoms with Crippen LogP contribution >= 0.6 is 24.8 Å². The van der Waals surface area contributed by atoms with Crippen molar-refractivity contribution in [2.45, 2.75) is 6.92 Å². The van der Waals surface area contributed by atoms with E-state index in [4.69, 9.17) is 5.73 Å². The number of carbonyl (C=O) groups excluding carboxylic acids is 1. The van der Waals surface area contributed by atoms with Gasteiger partial charge in [-0.3, -0.25) is 9.89 Å². The average molecular weight is 241 g/mol. The summed E-state index contributed by atoms with van der Waals surface area (Å²) in [4.78, 5) is 11.2. The van der Waals surface area contributed by atoms with Crippen molar-refractivity contribution in [3.63, 3.8) is 0 Å². The van der Waals surface area contributed by atoms with Crippen LogP contribution < -0.4 is 11.1 Å². The Balaban J connectivity index is 0. The van der Waals surface area contributed by atoms with Gasteiger partial charge in [0.05, 0.1) is 11.9 Å². The van der Waals surface area contributed by atoms with Gasteiger partial charge in [0, 0.05) is 18.7 Å². The lowest BCUT2D eigenvalue weighted by Crippen LogP contribution is -2.26. The van der Waals surface area contributed by atoms with Gasteiger partial charge in [-0.2, -0.15) is 5.10 Å². The predicted molar refractivity (Wildman–Crippen MR) is 59.9 cm³/mol. The maximum absolute atomic E-state index is 11.2. The number of nitrogens with two attached hydrogens (primary N) is 1. The second-order valence-corrected chi connectivity index (χ2v) is 2.61. The van der Waals surface area contributed by atoms with E-state index < -0.39 is 0 Å². The molecule has 0 saturated heterocycles. The number of hydrogen-bond donors (Lipinski definition) is 3. The van der Waals surface area contributed by atoms with E-state index in [1.807, 2.05) is 0 Å². The molecule has 1 atom stereocenters. The highest BCUT2D eigenvalue weighted by Gasteiger charge is 2.10. The molecular formula is C7H14Cl2N4O. The predicted octanol–water partition coefficient (Wildman–Crippen LogP) is 0.787. The van der Waals surface area contributed by atoms with Gasteiger partial charge in [0.15, 0.2) is 0 Å². The van der Waals surface area contributed by atoms with E-state index in [1.165, 1.54) is 0 Å². The first-order chi connectivity index (χ1) is 5.74. The van der Waals surface area contributed by atoms with Crippen LogP contribution in [0, 0.1) is 5.92 Å². The molecule has 1 aromatic rings. The van der Waals surface area contributed by atoms with Gasteiger partial charge in [0.1, 0.15) is 0 Å². The summed E-state index contributed by atoms with van der Waals surface area (Å²) in [5.74, 6) is -0.251. The highest BCUT2D eigenvalue weighted by atomic mass is 35.5. The molecule has 0 aliphatic rings. The molecule has 14 heavy (non-hydrogen) atoms. The van der Waals surface area contributed by atoms with Gasteiger partial charge in [-0.05, 0) is 0 Å². The zero-order valence-corrected chi connectivity index (χ0v) is 9.32. The lowest BCUT2D eigenvalue weighted by Gasteiger charge is -2.06. The molecule has 5 nitrogen and oxygen atoms in total. The molecule has 0 aliphatic carbocycles.